The lowest BCUT2D eigenvalue weighted by atomic mass is 10.0. The quantitative estimate of drug-likeness (QED) is 0.0449. The highest BCUT2D eigenvalue weighted by Crippen LogP contribution is 2.21. The van der Waals surface area contributed by atoms with Gasteiger partial charge < -0.3 is 27.9 Å². The Morgan fingerprint density at radius 3 is 0.500 bits per heavy atom. The molecule has 6 nitrogen and oxygen atoms in total. The molecule has 0 radical (unpaired) electrons. The van der Waals surface area contributed by atoms with Crippen molar-refractivity contribution in [3.8, 4) is 0 Å². The van der Waals surface area contributed by atoms with Crippen molar-refractivity contribution in [1.29, 1.82) is 0 Å². The Morgan fingerprint density at radius 1 is 0.177 bits per heavy atom. The van der Waals surface area contributed by atoms with E-state index in [1.54, 1.807) is 0 Å². The molecule has 6 heteroatoms. The van der Waals surface area contributed by atoms with Crippen LogP contribution in [0.4, 0.5) is 0 Å². The number of nitrogens with zero attached hydrogens (tertiary/aromatic N) is 2. The molecule has 578 valence electrons. The van der Waals surface area contributed by atoms with Crippen LogP contribution in [0.25, 0.3) is 0 Å². The molecule has 0 aromatic rings. The summed E-state index contributed by atoms with van der Waals surface area (Å²) in [5, 5.41) is 0. The van der Waals surface area contributed by atoms with E-state index in [1.807, 2.05) is 0 Å². The van der Waals surface area contributed by atoms with E-state index in [4.69, 9.17) is 18.9 Å². The monoisotopic (exact) mass is 1360 g/mol. The highest BCUT2D eigenvalue weighted by atomic mass is 16.5. The topological polar surface area (TPSA) is 36.9 Å². The van der Waals surface area contributed by atoms with Gasteiger partial charge in [-0.1, -0.05) is 426 Å². The van der Waals surface area contributed by atoms with E-state index in [1.165, 1.54) is 463 Å². The number of hydrogen-bond acceptors (Lipinski definition) is 4. The molecule has 0 bridgehead atoms. The molecule has 0 aliphatic rings. The molecule has 0 fully saturated rings. The fraction of sp³-hybridized carbons (Fsp3) is 1.00. The molecule has 0 saturated carbocycles. The van der Waals surface area contributed by atoms with Crippen LogP contribution in [-0.4, -0.2) is 115 Å². The van der Waals surface area contributed by atoms with E-state index in [-0.39, 0.29) is 12.2 Å². The smallest absolute Gasteiger partial charge is 0.130 e. The Kier molecular flexibility index (Phi) is 80.2. The lowest BCUT2D eigenvalue weighted by molar-refractivity contribution is -0.893. The molecule has 0 spiro atoms. The second-order valence-electron chi connectivity index (χ2n) is 33.2. The van der Waals surface area contributed by atoms with Crippen molar-refractivity contribution < 1.29 is 27.9 Å². The number of ether oxygens (including phenoxy) is 4. The van der Waals surface area contributed by atoms with Gasteiger partial charge in [0.2, 0.25) is 0 Å². The first-order valence-corrected chi connectivity index (χ1v) is 45.2. The largest absolute Gasteiger partial charge is 0.379 e. The van der Waals surface area contributed by atoms with Gasteiger partial charge in [0, 0.05) is 26.4 Å². The minimum absolute atomic E-state index is 0.210. The zero-order valence-corrected chi connectivity index (χ0v) is 68.3. The predicted octanol–water partition coefficient (Wildman–Crippen LogP) is 29.3. The van der Waals surface area contributed by atoms with E-state index in [0.29, 0.717) is 0 Å². The average molecular weight is 1360 g/mol. The SMILES string of the molecule is CCCCCCCCCCCCCCCCOCC(C[N+](C)(C)CCCCCCCCCCCCCCCC[N+](C)(C)CC(COCCCCCCCCCCCCCCCC)OCCCCCCCCCCCCCCCC)OCCCCCCCCCCCCCCCC. The second-order valence-corrected chi connectivity index (χ2v) is 33.2. The minimum atomic E-state index is 0.210. The van der Waals surface area contributed by atoms with Crippen LogP contribution in [0.3, 0.4) is 0 Å². The molecule has 0 aromatic heterocycles. The summed E-state index contributed by atoms with van der Waals surface area (Å²) in [5.74, 6) is 0. The molecule has 0 saturated heterocycles. The number of rotatable bonds is 87. The van der Waals surface area contributed by atoms with Crippen LogP contribution in [0.15, 0.2) is 0 Å². The number of quaternary nitrogens is 2. The van der Waals surface area contributed by atoms with Gasteiger partial charge in [-0.05, 0) is 51.4 Å². The Labute approximate surface area is 608 Å². The molecule has 0 N–H and O–H groups in total. The zero-order chi connectivity index (χ0) is 69.6. The highest BCUT2D eigenvalue weighted by molar-refractivity contribution is 4.62. The third-order valence-corrected chi connectivity index (χ3v) is 21.8. The van der Waals surface area contributed by atoms with Crippen molar-refractivity contribution in [2.75, 3.05) is 94.0 Å². The summed E-state index contributed by atoms with van der Waals surface area (Å²) in [6.07, 6.45) is 98.6. The lowest BCUT2D eigenvalue weighted by Gasteiger charge is -2.33. The summed E-state index contributed by atoms with van der Waals surface area (Å²) in [4.78, 5) is 0. The van der Waals surface area contributed by atoms with E-state index < -0.39 is 0 Å². The summed E-state index contributed by atoms with van der Waals surface area (Å²) < 4.78 is 28.2. The van der Waals surface area contributed by atoms with Gasteiger partial charge in [0.15, 0.2) is 0 Å². The van der Waals surface area contributed by atoms with Gasteiger partial charge in [0.1, 0.15) is 25.3 Å². The normalized spacial score (nSPS) is 12.9. The molecule has 2 unspecified atom stereocenters. The third-order valence-electron chi connectivity index (χ3n) is 21.8. The average Bonchev–Trinajstić information content (AvgIpc) is 1.68. The third kappa shape index (κ3) is 79.5. The van der Waals surface area contributed by atoms with Crippen LogP contribution < -0.4 is 0 Å². The highest BCUT2D eigenvalue weighted by Gasteiger charge is 2.24. The predicted molar refractivity (Wildman–Crippen MR) is 431 cm³/mol. The van der Waals surface area contributed by atoms with Crippen LogP contribution in [0.1, 0.15) is 477 Å². The fourth-order valence-electron chi connectivity index (χ4n) is 15.1. The summed E-state index contributed by atoms with van der Waals surface area (Å²) in [5.41, 5.74) is 0. The van der Waals surface area contributed by atoms with Crippen molar-refractivity contribution in [3.05, 3.63) is 0 Å². The molecule has 96 heavy (non-hydrogen) atoms. The van der Waals surface area contributed by atoms with Crippen LogP contribution in [-0.2, 0) is 18.9 Å². The van der Waals surface area contributed by atoms with Gasteiger partial charge in [-0.3, -0.25) is 0 Å². The Bertz CT molecular complexity index is 1290. The van der Waals surface area contributed by atoms with E-state index in [2.05, 4.69) is 55.9 Å². The maximum atomic E-state index is 6.68. The second kappa shape index (κ2) is 80.4. The Hall–Kier alpha value is -0.240. The molecular weight excluding hydrogens is 1170 g/mol. The maximum absolute atomic E-state index is 6.68. The number of likely N-dealkylation sites (N-methyl/N-ethyl adjacent to an activating group) is 2. The van der Waals surface area contributed by atoms with Crippen molar-refractivity contribution in [2.45, 2.75) is 489 Å². The molecule has 0 aliphatic carbocycles. The summed E-state index contributed by atoms with van der Waals surface area (Å²) in [6.45, 7) is 19.0. The molecular formula is C90H186N2O4+2. The van der Waals surface area contributed by atoms with Crippen molar-refractivity contribution >= 4 is 0 Å². The molecule has 0 heterocycles. The van der Waals surface area contributed by atoms with Crippen LogP contribution in [0.5, 0.6) is 0 Å². The molecule has 0 aromatic carbocycles. The van der Waals surface area contributed by atoms with Gasteiger partial charge in [-0.2, -0.15) is 0 Å². The molecule has 0 aliphatic heterocycles. The van der Waals surface area contributed by atoms with Gasteiger partial charge in [-0.25, -0.2) is 0 Å². The van der Waals surface area contributed by atoms with Crippen molar-refractivity contribution in [3.63, 3.8) is 0 Å². The summed E-state index contributed by atoms with van der Waals surface area (Å²) >= 11 is 0. The van der Waals surface area contributed by atoms with E-state index >= 15 is 0 Å². The first-order valence-electron chi connectivity index (χ1n) is 45.2. The Balaban J connectivity index is 4.49. The first-order chi connectivity index (χ1) is 47.2. The molecule has 0 amide bonds. The van der Waals surface area contributed by atoms with Gasteiger partial charge >= 0.3 is 0 Å². The first kappa shape index (κ1) is 95.8. The fourth-order valence-corrected chi connectivity index (χ4v) is 15.1. The molecule has 0 rings (SSSR count). The van der Waals surface area contributed by atoms with E-state index in [9.17, 15) is 0 Å². The summed E-state index contributed by atoms with van der Waals surface area (Å²) in [7, 11) is 9.79. The number of hydrogen-bond donors (Lipinski definition) is 0. The summed E-state index contributed by atoms with van der Waals surface area (Å²) in [6, 6.07) is 0. The van der Waals surface area contributed by atoms with Crippen LogP contribution in [0, 0.1) is 0 Å². The van der Waals surface area contributed by atoms with Crippen LogP contribution >= 0.6 is 0 Å². The number of unbranched alkanes of at least 4 members (excludes halogenated alkanes) is 65. The zero-order valence-electron chi connectivity index (χ0n) is 68.3. The van der Waals surface area contributed by atoms with Crippen molar-refractivity contribution in [1.82, 2.24) is 0 Å². The van der Waals surface area contributed by atoms with Crippen LogP contribution in [0.2, 0.25) is 0 Å². The van der Waals surface area contributed by atoms with Crippen molar-refractivity contribution in [2.24, 2.45) is 0 Å². The molecule has 2 atom stereocenters. The van der Waals surface area contributed by atoms with Gasteiger partial charge in [0.25, 0.3) is 0 Å². The van der Waals surface area contributed by atoms with Gasteiger partial charge in [0.05, 0.1) is 54.5 Å². The maximum Gasteiger partial charge on any atom is 0.130 e. The Morgan fingerprint density at radius 2 is 0.323 bits per heavy atom. The van der Waals surface area contributed by atoms with E-state index in [0.717, 1.165) is 61.7 Å². The lowest BCUT2D eigenvalue weighted by Crippen LogP contribution is -2.48. The minimum Gasteiger partial charge on any atom is -0.379 e. The van der Waals surface area contributed by atoms with Gasteiger partial charge in [-0.15, -0.1) is 0 Å². The standard InChI is InChI=1S/C90H186N2O4/c1-9-13-17-21-25-29-33-37-45-51-57-63-69-75-81-93-87-89(95-83-77-71-65-59-53-47-39-35-31-27-23-19-15-11-3)85-91(5,6)79-73-67-61-55-49-43-41-42-44-50-56-62-68-74-80-92(7,8)86-90(96-84-78-72-66-60-54-48-40-36-32-28-24-20-16-12-4)88-94-82-76-70-64-58-52-46-38-34-30-26-22-18-14-10-2/h89-90H,9-88H2,1-8H3/q+2.